The van der Waals surface area contributed by atoms with Gasteiger partial charge in [0, 0.05) is 62.5 Å². The van der Waals surface area contributed by atoms with Crippen molar-refractivity contribution in [2.45, 2.75) is 96.4 Å². The Balaban J connectivity index is 1.17. The van der Waals surface area contributed by atoms with Gasteiger partial charge in [0.05, 0.1) is 11.6 Å². The van der Waals surface area contributed by atoms with Crippen LogP contribution in [0.4, 0.5) is 10.6 Å². The summed E-state index contributed by atoms with van der Waals surface area (Å²) < 4.78 is 7.75. The second kappa shape index (κ2) is 8.65. The van der Waals surface area contributed by atoms with E-state index in [1.54, 1.807) is 0 Å². The summed E-state index contributed by atoms with van der Waals surface area (Å²) in [5.41, 5.74) is 0.424. The van der Waals surface area contributed by atoms with E-state index in [0.717, 1.165) is 57.7 Å². The molecule has 35 heavy (non-hydrogen) atoms. The molecule has 4 fully saturated rings. The number of aliphatic hydroxyl groups is 1. The van der Waals surface area contributed by atoms with E-state index in [9.17, 15) is 9.90 Å². The van der Waals surface area contributed by atoms with Crippen molar-refractivity contribution in [3.05, 3.63) is 11.8 Å². The van der Waals surface area contributed by atoms with Gasteiger partial charge in [-0.1, -0.05) is 0 Å². The molecule has 3 atom stereocenters. The van der Waals surface area contributed by atoms with E-state index in [1.807, 2.05) is 25.7 Å². The predicted molar refractivity (Wildman–Crippen MR) is 137 cm³/mol. The molecule has 4 aliphatic rings. The summed E-state index contributed by atoms with van der Waals surface area (Å²) >= 11 is 0. The zero-order chi connectivity index (χ0) is 25.2. The summed E-state index contributed by atoms with van der Waals surface area (Å²) in [6, 6.07) is 2.56. The number of rotatable bonds is 4. The molecule has 1 amide bonds. The molecule has 1 N–H and O–H groups in total. The summed E-state index contributed by atoms with van der Waals surface area (Å²) in [5.74, 6) is 2.28. The molecule has 0 aromatic carbocycles. The lowest BCUT2D eigenvalue weighted by Crippen LogP contribution is -2.52. The lowest BCUT2D eigenvalue weighted by atomic mass is 9.82. The van der Waals surface area contributed by atoms with Gasteiger partial charge < -0.3 is 19.6 Å². The number of anilines is 1. The van der Waals surface area contributed by atoms with Gasteiger partial charge >= 0.3 is 6.09 Å². The molecule has 3 aliphatic heterocycles. The summed E-state index contributed by atoms with van der Waals surface area (Å²) in [6.07, 6.45) is 4.91. The number of piperidine rings is 3. The second-order valence-corrected chi connectivity index (χ2v) is 13.3. The van der Waals surface area contributed by atoms with Crippen LogP contribution in [-0.4, -0.2) is 86.8 Å². The van der Waals surface area contributed by atoms with Crippen LogP contribution >= 0.6 is 0 Å². The van der Waals surface area contributed by atoms with Crippen molar-refractivity contribution in [2.24, 2.45) is 11.8 Å². The number of β-amino-alcohol motifs (C(OH)–C–C–N with tert-alkyl or cyclic N) is 1. The van der Waals surface area contributed by atoms with Crippen LogP contribution in [0.2, 0.25) is 0 Å². The van der Waals surface area contributed by atoms with E-state index >= 15 is 0 Å². The first-order chi connectivity index (χ1) is 16.3. The van der Waals surface area contributed by atoms with Gasteiger partial charge in [-0.15, -0.1) is 0 Å². The molecule has 8 heteroatoms. The maximum Gasteiger partial charge on any atom is 0.410 e. The maximum atomic E-state index is 12.4. The van der Waals surface area contributed by atoms with Crippen LogP contribution in [0.25, 0.3) is 0 Å². The number of nitrogens with zero attached hydrogens (tertiary/aromatic N) is 5. The zero-order valence-electron chi connectivity index (χ0n) is 22.6. The number of ether oxygens (including phenoxy) is 1. The molecule has 1 saturated carbocycles. The Morgan fingerprint density at radius 1 is 1.17 bits per heavy atom. The van der Waals surface area contributed by atoms with Gasteiger partial charge in [-0.25, -0.2) is 4.79 Å². The van der Waals surface area contributed by atoms with Crippen molar-refractivity contribution >= 4 is 11.9 Å². The Bertz CT molecular complexity index is 945. The molecule has 0 spiro atoms. The molecule has 4 heterocycles. The highest BCUT2D eigenvalue weighted by atomic mass is 16.6. The van der Waals surface area contributed by atoms with Crippen LogP contribution in [0.1, 0.15) is 78.5 Å². The van der Waals surface area contributed by atoms with E-state index in [4.69, 9.17) is 9.84 Å². The molecule has 3 saturated heterocycles. The number of aryl methyl sites for hydroxylation is 1. The van der Waals surface area contributed by atoms with Crippen molar-refractivity contribution in [1.82, 2.24) is 19.6 Å². The average molecular weight is 488 g/mol. The molecule has 5 rings (SSSR count). The van der Waals surface area contributed by atoms with E-state index in [2.05, 4.69) is 41.3 Å². The van der Waals surface area contributed by atoms with E-state index < -0.39 is 5.60 Å². The van der Waals surface area contributed by atoms with E-state index in [0.29, 0.717) is 31.0 Å². The second-order valence-electron chi connectivity index (χ2n) is 13.3. The lowest BCUT2D eigenvalue weighted by Gasteiger charge is -2.46. The van der Waals surface area contributed by atoms with Crippen molar-refractivity contribution in [1.29, 1.82) is 0 Å². The number of aromatic nitrogens is 2. The van der Waals surface area contributed by atoms with E-state index in [1.165, 1.54) is 12.1 Å². The van der Waals surface area contributed by atoms with Crippen LogP contribution in [0.3, 0.4) is 0 Å². The number of carbonyl (C=O) groups is 1. The van der Waals surface area contributed by atoms with E-state index in [-0.39, 0.29) is 17.2 Å². The molecule has 1 aromatic rings. The fourth-order valence-electron chi connectivity index (χ4n) is 6.77. The third-order valence-electron chi connectivity index (χ3n) is 8.62. The summed E-state index contributed by atoms with van der Waals surface area (Å²) in [5, 5.41) is 15.5. The molecular weight excluding hydrogens is 442 g/mol. The Labute approximate surface area is 210 Å². The fourth-order valence-corrected chi connectivity index (χ4v) is 6.77. The standard InChI is InChI=1S/C27H45N5O3/c1-19-13-23(28-32(19)22-8-10-30(11-9-22)24(33)35-25(2,3)4)31-12-7-20(14-26(31,5)6)16-29-17-21-15-27(21,34)18-29/h13,20-22,34H,7-12,14-18H2,1-6H3/t20-,21?,27?/m1/s1. The number of likely N-dealkylation sites (tertiary alicyclic amines) is 2. The minimum absolute atomic E-state index is 0.0498. The predicted octanol–water partition coefficient (Wildman–Crippen LogP) is 3.83. The number of hydrogen-bond donors (Lipinski definition) is 1. The van der Waals surface area contributed by atoms with Crippen molar-refractivity contribution in [3.63, 3.8) is 0 Å². The summed E-state index contributed by atoms with van der Waals surface area (Å²) in [6.45, 7) is 18.1. The molecular formula is C27H45N5O3. The quantitative estimate of drug-likeness (QED) is 0.696. The van der Waals surface area contributed by atoms with Crippen LogP contribution < -0.4 is 4.90 Å². The van der Waals surface area contributed by atoms with Crippen LogP contribution in [0, 0.1) is 18.8 Å². The lowest BCUT2D eigenvalue weighted by molar-refractivity contribution is 0.0184. The molecule has 1 aromatic heterocycles. The first kappa shape index (κ1) is 24.9. The first-order valence-electron chi connectivity index (χ1n) is 13.6. The third-order valence-corrected chi connectivity index (χ3v) is 8.62. The summed E-state index contributed by atoms with van der Waals surface area (Å²) in [7, 11) is 0. The Morgan fingerprint density at radius 3 is 2.49 bits per heavy atom. The van der Waals surface area contributed by atoms with Gasteiger partial charge in [0.2, 0.25) is 0 Å². The maximum absolute atomic E-state index is 12.4. The molecule has 196 valence electrons. The molecule has 0 radical (unpaired) electrons. The monoisotopic (exact) mass is 487 g/mol. The minimum Gasteiger partial charge on any atom is -0.444 e. The number of amides is 1. The van der Waals surface area contributed by atoms with Gasteiger partial charge in [0.25, 0.3) is 0 Å². The molecule has 8 nitrogen and oxygen atoms in total. The van der Waals surface area contributed by atoms with Gasteiger partial charge in [-0.05, 0) is 79.6 Å². The highest BCUT2D eigenvalue weighted by Crippen LogP contribution is 2.49. The van der Waals surface area contributed by atoms with Gasteiger partial charge in [0.15, 0.2) is 5.82 Å². The highest BCUT2D eigenvalue weighted by molar-refractivity contribution is 5.68. The topological polar surface area (TPSA) is 74.1 Å². The van der Waals surface area contributed by atoms with Crippen LogP contribution in [0.15, 0.2) is 6.07 Å². The third kappa shape index (κ3) is 5.19. The van der Waals surface area contributed by atoms with Crippen LogP contribution in [-0.2, 0) is 4.74 Å². The smallest absolute Gasteiger partial charge is 0.410 e. The Hall–Kier alpha value is -1.80. The van der Waals surface area contributed by atoms with Gasteiger partial charge in [0.1, 0.15) is 5.60 Å². The van der Waals surface area contributed by atoms with Crippen molar-refractivity contribution in [2.75, 3.05) is 44.2 Å². The Kier molecular flexibility index (Phi) is 6.15. The SMILES string of the molecule is Cc1cc(N2CC[C@@H](CN3CC4CC4(O)C3)CC2(C)C)nn1C1CCN(C(=O)OC(C)(C)C)CC1. The zero-order valence-corrected chi connectivity index (χ0v) is 22.6. The minimum atomic E-state index is -0.461. The van der Waals surface area contributed by atoms with Crippen molar-refractivity contribution in [3.8, 4) is 0 Å². The number of hydrogen-bond acceptors (Lipinski definition) is 6. The highest BCUT2D eigenvalue weighted by Gasteiger charge is 2.59. The average Bonchev–Trinajstić information content (AvgIpc) is 3.05. The van der Waals surface area contributed by atoms with Gasteiger partial charge in [-0.3, -0.25) is 9.58 Å². The van der Waals surface area contributed by atoms with Crippen LogP contribution in [0.5, 0.6) is 0 Å². The number of fused-ring (bicyclic) bond motifs is 1. The summed E-state index contributed by atoms with van der Waals surface area (Å²) in [4.78, 5) is 19.3. The Morgan fingerprint density at radius 2 is 1.89 bits per heavy atom. The molecule has 2 unspecified atom stereocenters. The van der Waals surface area contributed by atoms with Crippen molar-refractivity contribution < 1.29 is 14.6 Å². The fraction of sp³-hybridized carbons (Fsp3) is 0.852. The van der Waals surface area contributed by atoms with Gasteiger partial charge in [-0.2, -0.15) is 5.10 Å². The first-order valence-corrected chi connectivity index (χ1v) is 13.6. The molecule has 1 aliphatic carbocycles. The number of carbonyl (C=O) groups excluding carboxylic acids is 1. The largest absolute Gasteiger partial charge is 0.444 e. The molecule has 0 bridgehead atoms. The normalized spacial score (nSPS) is 31.5.